The Labute approximate surface area is 102 Å². The van der Waals surface area contributed by atoms with Crippen molar-refractivity contribution in [2.75, 3.05) is 6.61 Å². The molecule has 1 aromatic heterocycles. The maximum atomic E-state index is 10.8. The van der Waals surface area contributed by atoms with Crippen LogP contribution >= 0.6 is 0 Å². The van der Waals surface area contributed by atoms with E-state index < -0.39 is 0 Å². The van der Waals surface area contributed by atoms with Crippen molar-refractivity contribution < 1.29 is 9.53 Å². The largest absolute Gasteiger partial charge is 0.370 e. The zero-order valence-electron chi connectivity index (χ0n) is 11.2. The Morgan fingerprint density at radius 1 is 1.41 bits per heavy atom. The van der Waals surface area contributed by atoms with Crippen molar-refractivity contribution in [2.24, 2.45) is 5.41 Å². The van der Waals surface area contributed by atoms with Gasteiger partial charge in [-0.3, -0.25) is 4.79 Å². The summed E-state index contributed by atoms with van der Waals surface area (Å²) in [6.45, 7) is 10.6. The molecule has 0 saturated heterocycles. The molecule has 1 aromatic rings. The molecule has 0 aliphatic heterocycles. The van der Waals surface area contributed by atoms with Gasteiger partial charge < -0.3 is 4.74 Å². The number of ether oxygens (including phenoxy) is 1. The van der Waals surface area contributed by atoms with Crippen molar-refractivity contribution in [1.82, 2.24) is 9.97 Å². The topological polar surface area (TPSA) is 52.1 Å². The Morgan fingerprint density at radius 2 is 2.06 bits per heavy atom. The molecular formula is C13H20N2O2. The molecule has 0 amide bonds. The molecule has 0 saturated carbocycles. The summed E-state index contributed by atoms with van der Waals surface area (Å²) in [5.41, 5.74) is 1.08. The zero-order valence-corrected chi connectivity index (χ0v) is 11.2. The molecule has 4 heteroatoms. The van der Waals surface area contributed by atoms with Gasteiger partial charge in [-0.1, -0.05) is 20.8 Å². The van der Waals surface area contributed by atoms with Crippen LogP contribution in [0.5, 0.6) is 0 Å². The second-order valence-electron chi connectivity index (χ2n) is 5.11. The molecule has 0 aromatic carbocycles. The van der Waals surface area contributed by atoms with Gasteiger partial charge in [-0.15, -0.1) is 0 Å². The van der Waals surface area contributed by atoms with Crippen LogP contribution in [-0.2, 0) is 4.74 Å². The molecule has 0 aliphatic rings. The van der Waals surface area contributed by atoms with Crippen LogP contribution in [0.2, 0.25) is 0 Å². The second kappa shape index (κ2) is 5.36. The number of aldehydes is 1. The monoisotopic (exact) mass is 236 g/mol. The summed E-state index contributed by atoms with van der Waals surface area (Å²) >= 11 is 0. The third kappa shape index (κ3) is 3.60. The number of nitrogens with zero attached hydrogens (tertiary/aromatic N) is 2. The van der Waals surface area contributed by atoms with E-state index in [1.54, 1.807) is 6.07 Å². The van der Waals surface area contributed by atoms with Crippen molar-refractivity contribution in [3.8, 4) is 0 Å². The van der Waals surface area contributed by atoms with E-state index in [1.165, 1.54) is 0 Å². The average Bonchev–Trinajstić information content (AvgIpc) is 2.23. The summed E-state index contributed by atoms with van der Waals surface area (Å²) in [6, 6.07) is 1.67. The first-order chi connectivity index (χ1) is 7.88. The van der Waals surface area contributed by atoms with Gasteiger partial charge in [-0.05, 0) is 25.3 Å². The minimum Gasteiger partial charge on any atom is -0.370 e. The fourth-order valence-corrected chi connectivity index (χ4v) is 1.67. The lowest BCUT2D eigenvalue weighted by molar-refractivity contribution is -0.0192. The Balaban J connectivity index is 3.18. The maximum Gasteiger partial charge on any atom is 0.168 e. The van der Waals surface area contributed by atoms with Gasteiger partial charge in [0, 0.05) is 12.3 Å². The molecule has 1 atom stereocenters. The first-order valence-electron chi connectivity index (χ1n) is 5.80. The lowest BCUT2D eigenvalue weighted by Gasteiger charge is -2.29. The van der Waals surface area contributed by atoms with Crippen molar-refractivity contribution in [2.45, 2.75) is 40.7 Å². The van der Waals surface area contributed by atoms with Gasteiger partial charge >= 0.3 is 0 Å². The summed E-state index contributed by atoms with van der Waals surface area (Å²) in [5, 5.41) is 0. The minimum absolute atomic E-state index is 0.107. The van der Waals surface area contributed by atoms with E-state index in [0.29, 0.717) is 18.1 Å². The van der Waals surface area contributed by atoms with Gasteiger partial charge in [-0.25, -0.2) is 9.97 Å². The van der Waals surface area contributed by atoms with Crippen molar-refractivity contribution in [1.29, 1.82) is 0 Å². The zero-order chi connectivity index (χ0) is 13.1. The van der Waals surface area contributed by atoms with Crippen molar-refractivity contribution in [3.63, 3.8) is 0 Å². The Hall–Kier alpha value is -1.29. The van der Waals surface area contributed by atoms with Gasteiger partial charge in [0.05, 0.1) is 0 Å². The quantitative estimate of drug-likeness (QED) is 0.754. The van der Waals surface area contributed by atoms with E-state index in [0.717, 1.165) is 12.0 Å². The highest BCUT2D eigenvalue weighted by Crippen LogP contribution is 2.34. The van der Waals surface area contributed by atoms with Crippen LogP contribution in [0.25, 0.3) is 0 Å². The number of carbonyl (C=O) groups excluding carboxylic acids is 1. The molecule has 0 bridgehead atoms. The number of hydrogen-bond donors (Lipinski definition) is 0. The number of aromatic nitrogens is 2. The highest BCUT2D eigenvalue weighted by atomic mass is 16.5. The van der Waals surface area contributed by atoms with Gasteiger partial charge in [0.2, 0.25) is 0 Å². The fourth-order valence-electron chi connectivity index (χ4n) is 1.67. The van der Waals surface area contributed by atoms with E-state index in [2.05, 4.69) is 30.7 Å². The van der Waals surface area contributed by atoms with Crippen LogP contribution in [0.15, 0.2) is 6.07 Å². The summed E-state index contributed by atoms with van der Waals surface area (Å²) in [6.07, 6.45) is 0.537. The van der Waals surface area contributed by atoms with Gasteiger partial charge in [0.15, 0.2) is 12.1 Å². The predicted octanol–water partition coefficient (Wildman–Crippen LogP) is 2.72. The van der Waals surface area contributed by atoms with E-state index in [1.807, 2.05) is 13.8 Å². The SMILES string of the molecule is CCOC(c1nc(C)cc(C=O)n1)C(C)(C)C. The lowest BCUT2D eigenvalue weighted by atomic mass is 9.88. The lowest BCUT2D eigenvalue weighted by Crippen LogP contribution is -2.24. The van der Waals surface area contributed by atoms with Gasteiger partial charge in [0.25, 0.3) is 0 Å². The molecule has 0 aliphatic carbocycles. The van der Waals surface area contributed by atoms with Crippen LogP contribution < -0.4 is 0 Å². The third-order valence-corrected chi connectivity index (χ3v) is 2.37. The molecule has 0 fully saturated rings. The van der Waals surface area contributed by atoms with Crippen LogP contribution in [0.1, 0.15) is 55.8 Å². The smallest absolute Gasteiger partial charge is 0.168 e. The number of aryl methyl sites for hydroxylation is 1. The highest BCUT2D eigenvalue weighted by molar-refractivity contribution is 5.71. The molecule has 17 heavy (non-hydrogen) atoms. The number of hydrogen-bond acceptors (Lipinski definition) is 4. The van der Waals surface area contributed by atoms with Crippen LogP contribution in [0, 0.1) is 12.3 Å². The molecule has 1 unspecified atom stereocenters. The molecule has 0 N–H and O–H groups in total. The molecule has 0 spiro atoms. The molecule has 1 heterocycles. The number of rotatable bonds is 4. The van der Waals surface area contributed by atoms with Crippen LogP contribution in [0.3, 0.4) is 0 Å². The normalized spacial score (nSPS) is 13.5. The Kier molecular flexibility index (Phi) is 4.34. The second-order valence-corrected chi connectivity index (χ2v) is 5.11. The van der Waals surface area contributed by atoms with Crippen LogP contribution in [-0.4, -0.2) is 22.9 Å². The van der Waals surface area contributed by atoms with E-state index in [9.17, 15) is 4.79 Å². The van der Waals surface area contributed by atoms with Gasteiger partial charge in [-0.2, -0.15) is 0 Å². The average molecular weight is 236 g/mol. The summed E-state index contributed by atoms with van der Waals surface area (Å²) in [5.74, 6) is 0.585. The third-order valence-electron chi connectivity index (χ3n) is 2.37. The molecule has 1 rings (SSSR count). The van der Waals surface area contributed by atoms with E-state index >= 15 is 0 Å². The Bertz CT molecular complexity index is 397. The molecule has 0 radical (unpaired) electrons. The molecular weight excluding hydrogens is 216 g/mol. The maximum absolute atomic E-state index is 10.8. The van der Waals surface area contributed by atoms with Crippen LogP contribution in [0.4, 0.5) is 0 Å². The van der Waals surface area contributed by atoms with E-state index in [-0.39, 0.29) is 11.5 Å². The standard InChI is InChI=1S/C13H20N2O2/c1-6-17-11(13(3,4)5)12-14-9(2)7-10(8-16)15-12/h7-8,11H,6H2,1-5H3. The number of carbonyl (C=O) groups is 1. The first kappa shape index (κ1) is 13.8. The first-order valence-corrected chi connectivity index (χ1v) is 5.80. The molecule has 4 nitrogen and oxygen atoms in total. The van der Waals surface area contributed by atoms with E-state index in [4.69, 9.17) is 4.74 Å². The minimum atomic E-state index is -0.203. The fraction of sp³-hybridized carbons (Fsp3) is 0.615. The summed E-state index contributed by atoms with van der Waals surface area (Å²) < 4.78 is 5.71. The van der Waals surface area contributed by atoms with Gasteiger partial charge in [0.1, 0.15) is 11.8 Å². The predicted molar refractivity (Wildman–Crippen MR) is 66.0 cm³/mol. The van der Waals surface area contributed by atoms with Crippen molar-refractivity contribution >= 4 is 6.29 Å². The highest BCUT2D eigenvalue weighted by Gasteiger charge is 2.29. The summed E-state index contributed by atoms with van der Waals surface area (Å²) in [7, 11) is 0. The summed E-state index contributed by atoms with van der Waals surface area (Å²) in [4.78, 5) is 19.4. The Morgan fingerprint density at radius 3 is 2.53 bits per heavy atom. The van der Waals surface area contributed by atoms with Crippen molar-refractivity contribution in [3.05, 3.63) is 23.3 Å². The molecule has 94 valence electrons.